The number of halogens is 1. The van der Waals surface area contributed by atoms with E-state index in [0.717, 1.165) is 20.9 Å². The molecule has 4 heteroatoms. The van der Waals surface area contributed by atoms with Crippen molar-refractivity contribution < 1.29 is 4.79 Å². The van der Waals surface area contributed by atoms with Gasteiger partial charge >= 0.3 is 0 Å². The van der Waals surface area contributed by atoms with Gasteiger partial charge in [0.15, 0.2) is 5.78 Å². The monoisotopic (exact) mass is 366 g/mol. The number of benzene rings is 2. The Kier molecular flexibility index (Phi) is 4.31. The first-order valence-corrected chi connectivity index (χ1v) is 8.12. The van der Waals surface area contributed by atoms with Crippen LogP contribution in [0.5, 0.6) is 0 Å². The summed E-state index contributed by atoms with van der Waals surface area (Å²) in [6.07, 6.45) is 2.22. The van der Waals surface area contributed by atoms with Crippen LogP contribution in [0.1, 0.15) is 15.9 Å². The molecule has 23 heavy (non-hydrogen) atoms. The van der Waals surface area contributed by atoms with Crippen molar-refractivity contribution in [1.29, 1.82) is 5.26 Å². The Labute approximate surface area is 143 Å². The van der Waals surface area contributed by atoms with E-state index >= 15 is 0 Å². The third-order valence-electron chi connectivity index (χ3n) is 4.02. The fraction of sp³-hybridized carbons (Fsp3) is 0.158. The van der Waals surface area contributed by atoms with Crippen LogP contribution in [-0.4, -0.2) is 10.4 Å². The molecule has 3 aromatic rings. The molecule has 0 aliphatic heterocycles. The number of Topliss-reactive ketones (excluding diaryl/α,β-unsaturated/α-hetero) is 1. The minimum Gasteiger partial charge on any atom is -0.350 e. The number of hydrogen-bond acceptors (Lipinski definition) is 2. The number of rotatable bonds is 4. The van der Waals surface area contributed by atoms with E-state index in [2.05, 4.69) is 22.0 Å². The molecule has 0 saturated heterocycles. The smallest absolute Gasteiger partial charge is 0.182 e. The lowest BCUT2D eigenvalue weighted by molar-refractivity contribution is 0.0950. The van der Waals surface area contributed by atoms with Crippen molar-refractivity contribution >= 4 is 32.6 Å². The molecule has 0 spiro atoms. The second kappa shape index (κ2) is 6.39. The lowest BCUT2D eigenvalue weighted by atomic mass is 9.92. The van der Waals surface area contributed by atoms with Crippen LogP contribution in [0.4, 0.5) is 0 Å². The van der Waals surface area contributed by atoms with E-state index in [1.165, 1.54) is 0 Å². The van der Waals surface area contributed by atoms with Gasteiger partial charge in [0.05, 0.1) is 6.07 Å². The number of carbonyl (C=O) groups excluding carboxylic acids is 1. The van der Waals surface area contributed by atoms with Crippen LogP contribution in [0.15, 0.2) is 59.2 Å². The van der Waals surface area contributed by atoms with Gasteiger partial charge in [-0.25, -0.2) is 0 Å². The van der Waals surface area contributed by atoms with Crippen LogP contribution >= 0.6 is 15.9 Å². The predicted molar refractivity (Wildman–Crippen MR) is 94.2 cm³/mol. The van der Waals surface area contributed by atoms with Gasteiger partial charge in [0.1, 0.15) is 5.92 Å². The van der Waals surface area contributed by atoms with E-state index in [9.17, 15) is 10.1 Å². The predicted octanol–water partition coefficient (Wildman–Crippen LogP) is 4.51. The fourth-order valence-corrected chi connectivity index (χ4v) is 3.25. The molecule has 0 unspecified atom stereocenters. The summed E-state index contributed by atoms with van der Waals surface area (Å²) in [5.41, 5.74) is 2.57. The standard InChI is InChI=1S/C19H15BrN2O/c1-22-12-16(15-7-3-5-9-18(15)22)19(23)14(11-21)10-13-6-2-4-8-17(13)20/h2-9,12,14H,10H2,1H3/t14-/m0/s1. The van der Waals surface area contributed by atoms with E-state index < -0.39 is 5.92 Å². The van der Waals surface area contributed by atoms with E-state index in [0.29, 0.717) is 12.0 Å². The summed E-state index contributed by atoms with van der Waals surface area (Å²) >= 11 is 3.48. The van der Waals surface area contributed by atoms with Crippen molar-refractivity contribution in [1.82, 2.24) is 4.57 Å². The first-order chi connectivity index (χ1) is 11.1. The largest absolute Gasteiger partial charge is 0.350 e. The molecule has 0 aliphatic carbocycles. The molecule has 0 amide bonds. The summed E-state index contributed by atoms with van der Waals surface area (Å²) in [5.74, 6) is -0.820. The third-order valence-corrected chi connectivity index (χ3v) is 4.79. The summed E-state index contributed by atoms with van der Waals surface area (Å²) in [4.78, 5) is 12.9. The highest BCUT2D eigenvalue weighted by molar-refractivity contribution is 9.10. The zero-order valence-corrected chi connectivity index (χ0v) is 14.2. The second-order valence-electron chi connectivity index (χ2n) is 5.51. The average Bonchev–Trinajstić information content (AvgIpc) is 2.91. The Morgan fingerprint density at radius 2 is 1.91 bits per heavy atom. The van der Waals surface area contributed by atoms with Crippen molar-refractivity contribution in [3.8, 4) is 6.07 Å². The van der Waals surface area contributed by atoms with Crippen LogP contribution in [0.2, 0.25) is 0 Å². The van der Waals surface area contributed by atoms with Crippen LogP contribution in [0.25, 0.3) is 10.9 Å². The Balaban J connectivity index is 1.97. The molecule has 0 radical (unpaired) electrons. The highest BCUT2D eigenvalue weighted by Crippen LogP contribution is 2.26. The van der Waals surface area contributed by atoms with Crippen molar-refractivity contribution in [2.75, 3.05) is 0 Å². The summed E-state index contributed by atoms with van der Waals surface area (Å²) in [6, 6.07) is 17.6. The highest BCUT2D eigenvalue weighted by atomic mass is 79.9. The molecule has 114 valence electrons. The number of ketones is 1. The third kappa shape index (κ3) is 2.93. The number of carbonyl (C=O) groups is 1. The molecule has 3 nitrogen and oxygen atoms in total. The van der Waals surface area contributed by atoms with E-state index in [-0.39, 0.29) is 5.78 Å². The molecule has 0 saturated carbocycles. The summed E-state index contributed by atoms with van der Waals surface area (Å²) in [7, 11) is 1.91. The van der Waals surface area contributed by atoms with Gasteiger partial charge in [-0.15, -0.1) is 0 Å². The van der Waals surface area contributed by atoms with Gasteiger partial charge in [0.2, 0.25) is 0 Å². The Morgan fingerprint density at radius 1 is 1.22 bits per heavy atom. The van der Waals surface area contributed by atoms with Gasteiger partial charge in [0.25, 0.3) is 0 Å². The quantitative estimate of drug-likeness (QED) is 0.637. The Hall–Kier alpha value is -2.38. The van der Waals surface area contributed by atoms with Gasteiger partial charge in [-0.2, -0.15) is 5.26 Å². The molecule has 1 aromatic heterocycles. The molecular weight excluding hydrogens is 352 g/mol. The topological polar surface area (TPSA) is 45.8 Å². The number of aromatic nitrogens is 1. The molecule has 1 heterocycles. The first-order valence-electron chi connectivity index (χ1n) is 7.33. The molecular formula is C19H15BrN2O. The zero-order chi connectivity index (χ0) is 16.4. The van der Waals surface area contributed by atoms with Gasteiger partial charge in [-0.1, -0.05) is 52.3 Å². The van der Waals surface area contributed by atoms with Crippen LogP contribution in [-0.2, 0) is 13.5 Å². The van der Waals surface area contributed by atoms with E-state index in [1.54, 1.807) is 0 Å². The highest BCUT2D eigenvalue weighted by Gasteiger charge is 2.24. The molecule has 0 N–H and O–H groups in total. The molecule has 0 bridgehead atoms. The molecule has 0 aliphatic rings. The van der Waals surface area contributed by atoms with Crippen LogP contribution < -0.4 is 0 Å². The van der Waals surface area contributed by atoms with Gasteiger partial charge < -0.3 is 4.57 Å². The van der Waals surface area contributed by atoms with Gasteiger partial charge in [0, 0.05) is 34.2 Å². The number of para-hydroxylation sites is 1. The molecule has 1 atom stereocenters. The van der Waals surface area contributed by atoms with Crippen molar-refractivity contribution in [3.05, 3.63) is 70.3 Å². The minimum absolute atomic E-state index is 0.125. The van der Waals surface area contributed by atoms with Crippen molar-refractivity contribution in [3.63, 3.8) is 0 Å². The fourth-order valence-electron chi connectivity index (χ4n) is 2.81. The average molecular weight is 367 g/mol. The van der Waals surface area contributed by atoms with Gasteiger partial charge in [-0.3, -0.25) is 4.79 Å². The maximum atomic E-state index is 12.9. The Morgan fingerprint density at radius 3 is 2.65 bits per heavy atom. The number of nitrogens with zero attached hydrogens (tertiary/aromatic N) is 2. The first kappa shape index (κ1) is 15.5. The van der Waals surface area contributed by atoms with Crippen LogP contribution in [0.3, 0.4) is 0 Å². The number of nitriles is 1. The summed E-state index contributed by atoms with van der Waals surface area (Å²) in [6.45, 7) is 0. The summed E-state index contributed by atoms with van der Waals surface area (Å²) < 4.78 is 2.85. The molecule has 3 rings (SSSR count). The lowest BCUT2D eigenvalue weighted by Crippen LogP contribution is -2.15. The molecule has 2 aromatic carbocycles. The second-order valence-corrected chi connectivity index (χ2v) is 6.37. The van der Waals surface area contributed by atoms with Gasteiger partial charge in [-0.05, 0) is 24.1 Å². The van der Waals surface area contributed by atoms with E-state index in [1.807, 2.05) is 66.3 Å². The number of fused-ring (bicyclic) bond motifs is 1. The normalized spacial score (nSPS) is 12.0. The minimum atomic E-state index is -0.695. The van der Waals surface area contributed by atoms with Crippen molar-refractivity contribution in [2.45, 2.75) is 6.42 Å². The number of aryl methyl sites for hydroxylation is 1. The summed E-state index contributed by atoms with van der Waals surface area (Å²) in [5, 5.41) is 10.4. The van der Waals surface area contributed by atoms with E-state index in [4.69, 9.17) is 0 Å². The zero-order valence-electron chi connectivity index (χ0n) is 12.7. The maximum Gasteiger partial charge on any atom is 0.182 e. The van der Waals surface area contributed by atoms with Crippen LogP contribution in [0, 0.1) is 17.2 Å². The SMILES string of the molecule is Cn1cc(C(=O)[C@H](C#N)Cc2ccccc2Br)c2ccccc21. The van der Waals surface area contributed by atoms with Crippen molar-refractivity contribution in [2.24, 2.45) is 13.0 Å². The Bertz CT molecular complexity index is 921. The lowest BCUT2D eigenvalue weighted by Gasteiger charge is -2.09. The maximum absolute atomic E-state index is 12.9. The molecule has 0 fully saturated rings. The number of hydrogen-bond donors (Lipinski definition) is 0.